The summed E-state index contributed by atoms with van der Waals surface area (Å²) >= 11 is 0. The van der Waals surface area contributed by atoms with Crippen molar-refractivity contribution in [1.29, 1.82) is 0 Å². The number of aromatic hydroxyl groups is 1. The normalized spacial score (nSPS) is 10.1. The minimum atomic E-state index is -0.370. The first-order valence-electron chi connectivity index (χ1n) is 12.0. The zero-order chi connectivity index (χ0) is 25.4. The highest BCUT2D eigenvalue weighted by Crippen LogP contribution is 2.43. The Morgan fingerprint density at radius 1 is 0.714 bits per heavy atom. The van der Waals surface area contributed by atoms with Gasteiger partial charge in [-0.25, -0.2) is 4.39 Å². The van der Waals surface area contributed by atoms with Gasteiger partial charge in [-0.15, -0.1) is 11.8 Å². The molecule has 0 atom stereocenters. The molecule has 3 nitrogen and oxygen atoms in total. The van der Waals surface area contributed by atoms with Crippen LogP contribution in [0.5, 0.6) is 5.75 Å². The molecule has 0 fully saturated rings. The Hall–Kier alpha value is -3.89. The van der Waals surface area contributed by atoms with E-state index in [1.54, 1.807) is 6.07 Å². The van der Waals surface area contributed by atoms with Gasteiger partial charge in [-0.3, -0.25) is 0 Å². The molecule has 180 valence electrons. The van der Waals surface area contributed by atoms with E-state index in [2.05, 4.69) is 34.3 Å². The summed E-state index contributed by atoms with van der Waals surface area (Å²) in [4.78, 5) is 0. The maximum Gasteiger partial charge on any atom is 0.146 e. The van der Waals surface area contributed by atoms with Gasteiger partial charge in [0.2, 0.25) is 0 Å². The smallest absolute Gasteiger partial charge is 0.146 e. The highest BCUT2D eigenvalue weighted by Gasteiger charge is 2.20. The van der Waals surface area contributed by atoms with E-state index in [9.17, 15) is 9.50 Å². The van der Waals surface area contributed by atoms with Crippen LogP contribution >= 0.6 is 0 Å². The van der Waals surface area contributed by atoms with E-state index in [1.165, 1.54) is 6.07 Å². The Balaban J connectivity index is 1.93. The number of rotatable bonds is 6. The van der Waals surface area contributed by atoms with Crippen LogP contribution in [0.1, 0.15) is 43.4 Å². The molecule has 0 saturated heterocycles. The molecule has 3 N–H and O–H groups in total. The number of halogens is 1. The van der Waals surface area contributed by atoms with E-state index < -0.39 is 0 Å². The fourth-order valence-electron chi connectivity index (χ4n) is 4.16. The van der Waals surface area contributed by atoms with Crippen LogP contribution in [0.3, 0.4) is 0 Å². The zero-order valence-corrected chi connectivity index (χ0v) is 21.2. The van der Waals surface area contributed by atoms with Gasteiger partial charge >= 0.3 is 0 Å². The van der Waals surface area contributed by atoms with E-state index in [-0.39, 0.29) is 11.6 Å². The quantitative estimate of drug-likeness (QED) is 0.329. The summed E-state index contributed by atoms with van der Waals surface area (Å²) in [6.07, 6.45) is 1.62. The SMILES string of the molecule is CCC#CCNc1ccc(-c2c(C)c(C)c(-c3ccc(NCC#CCC)c(F)c3)c(O)c2C)cc1. The molecule has 4 heteroatoms. The molecule has 3 aromatic rings. The standard InChI is InChI=1S/C31H33FN2O/c1-6-8-10-18-33-26-15-12-24(13-16-26)29-21(3)22(4)30(31(35)23(29)5)25-14-17-28(27(32)20-25)34-19-11-9-7-2/h12-17,20,33-35H,6-7,18-19H2,1-5H3. The molecule has 0 aliphatic carbocycles. The average Bonchev–Trinajstić information content (AvgIpc) is 2.85. The van der Waals surface area contributed by atoms with Gasteiger partial charge in [-0.2, -0.15) is 0 Å². The lowest BCUT2D eigenvalue weighted by molar-refractivity contribution is 0.473. The van der Waals surface area contributed by atoms with Crippen molar-refractivity contribution in [3.63, 3.8) is 0 Å². The predicted octanol–water partition coefficient (Wildman–Crippen LogP) is 7.44. The van der Waals surface area contributed by atoms with Crippen LogP contribution in [-0.4, -0.2) is 18.2 Å². The molecule has 0 amide bonds. The first-order valence-corrected chi connectivity index (χ1v) is 12.0. The van der Waals surface area contributed by atoms with Crippen molar-refractivity contribution in [2.75, 3.05) is 23.7 Å². The lowest BCUT2D eigenvalue weighted by Gasteiger charge is -2.20. The predicted molar refractivity (Wildman–Crippen MR) is 146 cm³/mol. The van der Waals surface area contributed by atoms with Crippen molar-refractivity contribution in [1.82, 2.24) is 0 Å². The van der Waals surface area contributed by atoms with Crippen molar-refractivity contribution in [2.45, 2.75) is 47.5 Å². The summed E-state index contributed by atoms with van der Waals surface area (Å²) in [6.45, 7) is 10.9. The van der Waals surface area contributed by atoms with Gasteiger partial charge in [-0.05, 0) is 78.4 Å². The lowest BCUT2D eigenvalue weighted by atomic mass is 9.86. The summed E-state index contributed by atoms with van der Waals surface area (Å²) in [7, 11) is 0. The maximum absolute atomic E-state index is 14.8. The van der Waals surface area contributed by atoms with Crippen LogP contribution in [-0.2, 0) is 0 Å². The van der Waals surface area contributed by atoms with Gasteiger partial charge in [0.25, 0.3) is 0 Å². The van der Waals surface area contributed by atoms with Crippen LogP contribution in [0.4, 0.5) is 15.8 Å². The van der Waals surface area contributed by atoms with Crippen LogP contribution in [0.2, 0.25) is 0 Å². The van der Waals surface area contributed by atoms with Gasteiger partial charge in [0, 0.05) is 24.1 Å². The fourth-order valence-corrected chi connectivity index (χ4v) is 4.16. The molecule has 0 spiro atoms. The molecular weight excluding hydrogens is 435 g/mol. The lowest BCUT2D eigenvalue weighted by Crippen LogP contribution is -2.02. The number of anilines is 2. The van der Waals surface area contributed by atoms with Crippen LogP contribution in [0.15, 0.2) is 42.5 Å². The molecule has 0 unspecified atom stereocenters. The number of phenols is 1. The third-order valence-corrected chi connectivity index (χ3v) is 6.06. The Labute approximate surface area is 208 Å². The third kappa shape index (κ3) is 5.97. The molecule has 3 rings (SSSR count). The van der Waals surface area contributed by atoms with Crippen LogP contribution < -0.4 is 10.6 Å². The van der Waals surface area contributed by atoms with Crippen molar-refractivity contribution in [2.24, 2.45) is 0 Å². The second-order valence-corrected chi connectivity index (χ2v) is 8.37. The summed E-state index contributed by atoms with van der Waals surface area (Å²) in [5.74, 6) is 11.8. The summed E-state index contributed by atoms with van der Waals surface area (Å²) in [5, 5.41) is 17.5. The molecule has 3 aromatic carbocycles. The summed E-state index contributed by atoms with van der Waals surface area (Å²) in [6, 6.07) is 13.1. The van der Waals surface area contributed by atoms with Crippen molar-refractivity contribution in [3.05, 3.63) is 65.0 Å². The van der Waals surface area contributed by atoms with Crippen molar-refractivity contribution in [3.8, 4) is 51.7 Å². The third-order valence-electron chi connectivity index (χ3n) is 6.06. The van der Waals surface area contributed by atoms with E-state index in [1.807, 2.05) is 65.0 Å². The molecule has 0 heterocycles. The Kier molecular flexibility index (Phi) is 8.82. The highest BCUT2D eigenvalue weighted by molar-refractivity contribution is 5.85. The molecule has 0 bridgehead atoms. The molecule has 0 aliphatic heterocycles. The van der Waals surface area contributed by atoms with E-state index in [0.717, 1.165) is 46.3 Å². The molecule has 0 aromatic heterocycles. The zero-order valence-electron chi connectivity index (χ0n) is 21.2. The first kappa shape index (κ1) is 25.7. The molecule has 0 saturated carbocycles. The number of hydrogen-bond donors (Lipinski definition) is 3. The minimum Gasteiger partial charge on any atom is -0.507 e. The van der Waals surface area contributed by atoms with E-state index >= 15 is 0 Å². The van der Waals surface area contributed by atoms with Gasteiger partial charge in [0.05, 0.1) is 18.8 Å². The van der Waals surface area contributed by atoms with E-state index in [4.69, 9.17) is 0 Å². The highest BCUT2D eigenvalue weighted by atomic mass is 19.1. The summed E-state index contributed by atoms with van der Waals surface area (Å²) in [5.41, 5.74) is 7.48. The monoisotopic (exact) mass is 468 g/mol. The molecular formula is C31H33FN2O. The topological polar surface area (TPSA) is 44.3 Å². The van der Waals surface area contributed by atoms with E-state index in [0.29, 0.717) is 29.9 Å². The van der Waals surface area contributed by atoms with Gasteiger partial charge in [-0.1, -0.05) is 43.9 Å². The second kappa shape index (κ2) is 12.0. The van der Waals surface area contributed by atoms with Crippen LogP contribution in [0, 0.1) is 50.3 Å². The Bertz CT molecular complexity index is 1290. The first-order chi connectivity index (χ1) is 16.9. The van der Waals surface area contributed by atoms with Crippen molar-refractivity contribution < 1.29 is 9.50 Å². The molecule has 0 radical (unpaired) electrons. The number of nitrogens with one attached hydrogen (secondary N) is 2. The van der Waals surface area contributed by atoms with Crippen molar-refractivity contribution >= 4 is 11.4 Å². The number of hydrogen-bond acceptors (Lipinski definition) is 3. The number of benzene rings is 3. The fraction of sp³-hybridized carbons (Fsp3) is 0.290. The van der Waals surface area contributed by atoms with Crippen LogP contribution in [0.25, 0.3) is 22.3 Å². The van der Waals surface area contributed by atoms with Gasteiger partial charge < -0.3 is 15.7 Å². The van der Waals surface area contributed by atoms with Gasteiger partial charge in [0.1, 0.15) is 11.6 Å². The average molecular weight is 469 g/mol. The minimum absolute atomic E-state index is 0.175. The molecule has 0 aliphatic rings. The van der Waals surface area contributed by atoms with Gasteiger partial charge in [0.15, 0.2) is 0 Å². The maximum atomic E-state index is 14.8. The Morgan fingerprint density at radius 2 is 1.29 bits per heavy atom. The largest absolute Gasteiger partial charge is 0.507 e. The second-order valence-electron chi connectivity index (χ2n) is 8.37. The summed E-state index contributed by atoms with van der Waals surface area (Å²) < 4.78 is 14.8. The molecule has 35 heavy (non-hydrogen) atoms. The number of phenolic OH excluding ortho intramolecular Hbond substituents is 1. The Morgan fingerprint density at radius 3 is 1.89 bits per heavy atom.